The fourth-order valence-electron chi connectivity index (χ4n) is 15.8. The number of aliphatic hydroxyl groups excluding tert-OH is 2. The number of ether oxygens (including phenoxy) is 16. The van der Waals surface area contributed by atoms with E-state index in [1.165, 1.54) is 0 Å². The van der Waals surface area contributed by atoms with Gasteiger partial charge in [0, 0.05) is 85.2 Å². The van der Waals surface area contributed by atoms with E-state index in [9.17, 15) is 15.0 Å². The van der Waals surface area contributed by atoms with Gasteiger partial charge in [-0.25, -0.2) is 0 Å². The summed E-state index contributed by atoms with van der Waals surface area (Å²) >= 11 is 0. The predicted molar refractivity (Wildman–Crippen MR) is 261 cm³/mol. The lowest BCUT2D eigenvalue weighted by Gasteiger charge is -2.57. The van der Waals surface area contributed by atoms with E-state index in [1.807, 2.05) is 27.7 Å². The summed E-state index contributed by atoms with van der Waals surface area (Å²) in [6.45, 7) is 16.2. The molecule has 7 aliphatic heterocycles. The van der Waals surface area contributed by atoms with E-state index in [2.05, 4.69) is 20.8 Å². The van der Waals surface area contributed by atoms with Gasteiger partial charge in [-0.05, 0) is 98.3 Å². The molecule has 3 aliphatic carbocycles. The molecule has 424 valence electrons. The summed E-state index contributed by atoms with van der Waals surface area (Å²) in [4.78, 5) is 13.4. The molecule has 19 nitrogen and oxygen atoms in total. The molecule has 3 saturated carbocycles. The van der Waals surface area contributed by atoms with Crippen molar-refractivity contribution in [2.24, 2.45) is 28.6 Å². The number of rotatable bonds is 14. The first kappa shape index (κ1) is 56.2. The van der Waals surface area contributed by atoms with Gasteiger partial charge in [-0.15, -0.1) is 0 Å². The van der Waals surface area contributed by atoms with Gasteiger partial charge in [0.05, 0.1) is 84.8 Å². The monoisotopic (exact) mass is 1050 g/mol. The van der Waals surface area contributed by atoms with Crippen LogP contribution in [0.3, 0.4) is 0 Å². The van der Waals surface area contributed by atoms with Crippen molar-refractivity contribution >= 4 is 5.78 Å². The first-order chi connectivity index (χ1) is 35.3. The van der Waals surface area contributed by atoms with Crippen molar-refractivity contribution in [3.8, 4) is 0 Å². The smallest absolute Gasteiger partial charge is 0.172 e. The van der Waals surface area contributed by atoms with E-state index < -0.39 is 116 Å². The number of hydrogen-bond donors (Lipinski definition) is 2. The van der Waals surface area contributed by atoms with Gasteiger partial charge >= 0.3 is 0 Å². The quantitative estimate of drug-likeness (QED) is 0.207. The normalized spacial score (nSPS) is 54.8. The Balaban J connectivity index is 0.687. The molecule has 19 heteroatoms. The lowest BCUT2D eigenvalue weighted by molar-refractivity contribution is -0.351. The maximum absolute atomic E-state index is 13.4. The minimum atomic E-state index is -0.901. The van der Waals surface area contributed by atoms with Crippen LogP contribution in [-0.4, -0.2) is 192 Å². The van der Waals surface area contributed by atoms with E-state index in [0.717, 1.165) is 44.9 Å². The van der Waals surface area contributed by atoms with Gasteiger partial charge in [-0.3, -0.25) is 4.79 Å². The molecule has 0 aromatic rings. The van der Waals surface area contributed by atoms with Crippen LogP contribution in [-0.2, 0) is 80.6 Å². The molecular formula is C55H90O19. The SMILES string of the molecule is CO[C@H]1C[C@H](O[C@@H]2[C@@H](C)O[C@@H](O[C@H]3CC[C@@]4(C)[C@@H](CC[C@@]56O[C@@H](C)[C@@H]7CCC(=O)[C@]7(C)[C@@H](C[C@@H]54)O6)C3)C[C@H]2OC)O[C@H](C)[C@H]1O[C@H]1C[C@@H](OC)[C@H](O[C@H]2C[C@H](O)[C@H](O[C@H]3C[C@@H](OC)[C@H](O)[C@@H](C)O3)[C@@H](C)O2)[C@@H](C)O1. The number of ketones is 1. The maximum Gasteiger partial charge on any atom is 0.172 e. The molecule has 10 fully saturated rings. The van der Waals surface area contributed by atoms with Gasteiger partial charge < -0.3 is 86.0 Å². The van der Waals surface area contributed by atoms with Crippen LogP contribution >= 0.6 is 0 Å². The Bertz CT molecular complexity index is 1890. The zero-order valence-corrected chi connectivity index (χ0v) is 46.0. The molecular weight excluding hydrogens is 965 g/mol. The summed E-state index contributed by atoms with van der Waals surface area (Å²) in [6, 6.07) is 0. The Kier molecular flexibility index (Phi) is 17.1. The summed E-state index contributed by atoms with van der Waals surface area (Å²) in [5, 5.41) is 21.6. The third kappa shape index (κ3) is 10.5. The van der Waals surface area contributed by atoms with E-state index in [0.29, 0.717) is 43.8 Å². The Morgan fingerprint density at radius 2 is 0.973 bits per heavy atom. The maximum atomic E-state index is 13.4. The molecule has 0 aromatic heterocycles. The van der Waals surface area contributed by atoms with Crippen LogP contribution in [0.1, 0.15) is 139 Å². The van der Waals surface area contributed by atoms with Crippen LogP contribution in [0.4, 0.5) is 0 Å². The molecule has 0 unspecified atom stereocenters. The van der Waals surface area contributed by atoms with Crippen LogP contribution in [0, 0.1) is 28.6 Å². The molecule has 74 heavy (non-hydrogen) atoms. The van der Waals surface area contributed by atoms with Crippen LogP contribution in [0.25, 0.3) is 0 Å². The second-order valence-corrected chi connectivity index (χ2v) is 24.2. The van der Waals surface area contributed by atoms with Crippen LogP contribution in [0.5, 0.6) is 0 Å². The molecule has 29 atom stereocenters. The van der Waals surface area contributed by atoms with E-state index in [-0.39, 0.29) is 60.3 Å². The average Bonchev–Trinajstić information content (AvgIpc) is 3.89. The summed E-state index contributed by atoms with van der Waals surface area (Å²) in [7, 11) is 6.56. The van der Waals surface area contributed by atoms with Crippen LogP contribution in [0.2, 0.25) is 0 Å². The number of carbonyl (C=O) groups excluding carboxylic acids is 1. The second-order valence-electron chi connectivity index (χ2n) is 24.2. The highest BCUT2D eigenvalue weighted by molar-refractivity contribution is 5.88. The van der Waals surface area contributed by atoms with Crippen molar-refractivity contribution in [1.29, 1.82) is 0 Å². The van der Waals surface area contributed by atoms with Crippen molar-refractivity contribution in [3.05, 3.63) is 0 Å². The van der Waals surface area contributed by atoms with Gasteiger partial charge in [0.2, 0.25) is 0 Å². The first-order valence-electron chi connectivity index (χ1n) is 28.2. The van der Waals surface area contributed by atoms with Gasteiger partial charge in [0.25, 0.3) is 0 Å². The van der Waals surface area contributed by atoms with Crippen molar-refractivity contribution in [2.45, 2.75) is 286 Å². The van der Waals surface area contributed by atoms with Crippen molar-refractivity contribution in [3.63, 3.8) is 0 Å². The molecule has 0 aromatic carbocycles. The fourth-order valence-corrected chi connectivity index (χ4v) is 15.8. The Morgan fingerprint density at radius 3 is 1.50 bits per heavy atom. The predicted octanol–water partition coefficient (Wildman–Crippen LogP) is 5.47. The summed E-state index contributed by atoms with van der Waals surface area (Å²) in [5.74, 6) is 0.664. The first-order valence-corrected chi connectivity index (χ1v) is 28.2. The zero-order valence-electron chi connectivity index (χ0n) is 46.0. The highest BCUT2D eigenvalue weighted by Crippen LogP contribution is 2.67. The lowest BCUT2D eigenvalue weighted by Crippen LogP contribution is -2.58. The number of aliphatic hydroxyl groups is 2. The summed E-state index contributed by atoms with van der Waals surface area (Å²) < 4.78 is 102. The number of carbonyl (C=O) groups is 1. The number of methoxy groups -OCH3 is 4. The third-order valence-electron chi connectivity index (χ3n) is 20.1. The molecule has 1 spiro atoms. The topological polar surface area (TPSA) is 205 Å². The van der Waals surface area contributed by atoms with Gasteiger partial charge in [-0.1, -0.05) is 6.92 Å². The van der Waals surface area contributed by atoms with Crippen LogP contribution < -0.4 is 0 Å². The minimum absolute atomic E-state index is 0.00137. The minimum Gasteiger partial charge on any atom is -0.390 e. The number of hydrogen-bond acceptors (Lipinski definition) is 19. The standard InChI is InChI=1S/C55H90O19/c1-26-34-13-14-41(57)54(34,8)42-25-40-53(7)17-16-33(19-32(53)15-18-55(40,73-26)74-42)68-44-22-37(60-10)51(29(4)65-44)71-47-24-39(62-12)52(31(6)67-47)72-46-23-38(61-11)50(30(5)66-46)70-43-20-35(56)49(28(3)64-43)69-45-21-36(59-9)48(58)27(2)63-45/h26-40,42-52,56,58H,13-25H2,1-12H3/t26-,27+,28+,29+,30+,31+,32-,33-,34-,35-,36+,37+,38+,39-,40+,42+,43-,44-,45-,46-,47-,48+,49+,50+,51+,52+,53-,54+,55-/m0/s1. The summed E-state index contributed by atoms with van der Waals surface area (Å²) in [6.07, 6.45) is -1.70. The number of fused-ring (bicyclic) bond motifs is 5. The van der Waals surface area contributed by atoms with E-state index in [4.69, 9.17) is 75.8 Å². The van der Waals surface area contributed by atoms with Gasteiger partial charge in [-0.2, -0.15) is 0 Å². The molecule has 0 radical (unpaired) electrons. The highest BCUT2D eigenvalue weighted by atomic mass is 16.8. The Hall–Kier alpha value is -1.05. The van der Waals surface area contributed by atoms with E-state index in [1.54, 1.807) is 35.4 Å². The fraction of sp³-hybridized carbons (Fsp3) is 0.982. The molecule has 10 aliphatic rings. The summed E-state index contributed by atoms with van der Waals surface area (Å²) in [5.41, 5.74) is -0.437. The largest absolute Gasteiger partial charge is 0.390 e. The Labute approximate surface area is 438 Å². The molecule has 10 rings (SSSR count). The zero-order chi connectivity index (χ0) is 52.6. The van der Waals surface area contributed by atoms with E-state index >= 15 is 0 Å². The van der Waals surface area contributed by atoms with Gasteiger partial charge in [0.15, 0.2) is 37.2 Å². The highest BCUT2D eigenvalue weighted by Gasteiger charge is 2.70. The molecule has 7 saturated heterocycles. The molecule has 2 bridgehead atoms. The third-order valence-corrected chi connectivity index (χ3v) is 20.1. The van der Waals surface area contributed by atoms with Crippen molar-refractivity contribution in [1.82, 2.24) is 0 Å². The lowest BCUT2D eigenvalue weighted by atomic mass is 9.52. The van der Waals surface area contributed by atoms with Crippen LogP contribution in [0.15, 0.2) is 0 Å². The molecule has 2 N–H and O–H groups in total. The average molecular weight is 1060 g/mol. The van der Waals surface area contributed by atoms with Crippen molar-refractivity contribution in [2.75, 3.05) is 28.4 Å². The molecule has 7 heterocycles. The number of Topliss-reactive ketones (excluding diaryl/α,β-unsaturated/α-hetero) is 1. The second kappa shape index (κ2) is 22.5. The van der Waals surface area contributed by atoms with Crippen molar-refractivity contribution < 1.29 is 90.8 Å². The van der Waals surface area contributed by atoms with Gasteiger partial charge in [0.1, 0.15) is 36.3 Å². The Morgan fingerprint density at radius 1 is 0.500 bits per heavy atom. The molecule has 0 amide bonds.